The Bertz CT molecular complexity index is 1150. The summed E-state index contributed by atoms with van der Waals surface area (Å²) in [4.78, 5) is 12.5. The third-order valence-electron chi connectivity index (χ3n) is 5.72. The van der Waals surface area contributed by atoms with Crippen molar-refractivity contribution in [2.24, 2.45) is 0 Å². The van der Waals surface area contributed by atoms with Gasteiger partial charge in [-0.15, -0.1) is 0 Å². The van der Waals surface area contributed by atoms with Crippen LogP contribution in [-0.2, 0) is 6.61 Å². The van der Waals surface area contributed by atoms with E-state index in [2.05, 4.69) is 20.2 Å². The van der Waals surface area contributed by atoms with E-state index >= 15 is 0 Å². The number of ether oxygens (including phenoxy) is 2. The topological polar surface area (TPSA) is 62.8 Å². The first-order valence-corrected chi connectivity index (χ1v) is 10.8. The van der Waals surface area contributed by atoms with Crippen molar-refractivity contribution in [3.05, 3.63) is 65.2 Å². The lowest BCUT2D eigenvalue weighted by atomic mass is 10.1. The number of aryl methyl sites for hydroxylation is 1. The van der Waals surface area contributed by atoms with E-state index in [0.29, 0.717) is 11.4 Å². The van der Waals surface area contributed by atoms with Gasteiger partial charge in [-0.1, -0.05) is 0 Å². The lowest BCUT2D eigenvalue weighted by molar-refractivity contribution is 0.285. The fraction of sp³-hybridized carbons (Fsp3) is 0.333. The van der Waals surface area contributed by atoms with Crippen molar-refractivity contribution >= 4 is 17.3 Å². The summed E-state index contributed by atoms with van der Waals surface area (Å²) in [6.45, 7) is 4.48. The monoisotopic (exact) mass is 473 g/mol. The average Bonchev–Trinajstić information content (AvgIpc) is 2.83. The maximum absolute atomic E-state index is 14.7. The van der Waals surface area contributed by atoms with E-state index in [-0.39, 0.29) is 41.0 Å². The number of hydrogen-bond acceptors (Lipinski definition) is 7. The number of rotatable bonds is 7. The van der Waals surface area contributed by atoms with E-state index in [1.54, 1.807) is 12.1 Å². The van der Waals surface area contributed by atoms with E-state index in [4.69, 9.17) is 9.47 Å². The number of methoxy groups -OCH3 is 1. The number of nitrogens with one attached hydrogen (secondary N) is 1. The normalized spacial score (nSPS) is 14.2. The van der Waals surface area contributed by atoms with Crippen molar-refractivity contribution in [1.82, 2.24) is 14.9 Å². The first-order chi connectivity index (χ1) is 16.4. The van der Waals surface area contributed by atoms with Crippen LogP contribution in [0.15, 0.2) is 36.7 Å². The molecule has 2 heterocycles. The van der Waals surface area contributed by atoms with Crippen LogP contribution in [0.4, 0.5) is 30.5 Å². The molecule has 0 spiro atoms. The molecular formula is C24H26F3N5O2. The molecule has 2 aromatic carbocycles. The molecule has 0 bridgehead atoms. The summed E-state index contributed by atoms with van der Waals surface area (Å²) in [6, 6.07) is 6.19. The summed E-state index contributed by atoms with van der Waals surface area (Å²) in [5.41, 5.74) is 1.07. The highest BCUT2D eigenvalue weighted by Crippen LogP contribution is 2.28. The third kappa shape index (κ3) is 5.17. The van der Waals surface area contributed by atoms with Gasteiger partial charge in [-0.05, 0) is 43.8 Å². The summed E-state index contributed by atoms with van der Waals surface area (Å²) in [5.74, 6) is -1.44. The smallest absolute Gasteiger partial charge is 0.227 e. The molecule has 1 fully saturated rings. The van der Waals surface area contributed by atoms with Crippen molar-refractivity contribution in [1.29, 1.82) is 0 Å². The lowest BCUT2D eigenvalue weighted by Gasteiger charge is -2.34. The Labute approximate surface area is 196 Å². The molecule has 1 aliphatic rings. The summed E-state index contributed by atoms with van der Waals surface area (Å²) in [7, 11) is 3.36. The lowest BCUT2D eigenvalue weighted by Crippen LogP contribution is -2.44. The molecule has 34 heavy (non-hydrogen) atoms. The summed E-state index contributed by atoms with van der Waals surface area (Å²) in [6.07, 6.45) is 2.74. The molecule has 4 rings (SSSR count). The van der Waals surface area contributed by atoms with Gasteiger partial charge in [0.25, 0.3) is 0 Å². The number of aromatic nitrogens is 2. The Kier molecular flexibility index (Phi) is 7.06. The van der Waals surface area contributed by atoms with Gasteiger partial charge in [0.05, 0.1) is 30.8 Å². The Morgan fingerprint density at radius 3 is 2.35 bits per heavy atom. The number of anilines is 3. The van der Waals surface area contributed by atoms with Gasteiger partial charge in [0.15, 0.2) is 17.3 Å². The van der Waals surface area contributed by atoms with Crippen LogP contribution in [0.25, 0.3) is 0 Å². The van der Waals surface area contributed by atoms with E-state index < -0.39 is 11.6 Å². The minimum absolute atomic E-state index is 0.0563. The standard InChI is InChI=1S/C24H26F3N5O2/c1-15-10-21(33-3)23(27)18(22(15)26)14-34-17-12-28-24(29-13-17)30-16-4-5-20(19(25)11-16)32-8-6-31(2)7-9-32/h4-5,10-13H,6-9,14H2,1-3H3,(H,28,29,30). The fourth-order valence-corrected chi connectivity index (χ4v) is 3.71. The minimum atomic E-state index is -0.813. The highest BCUT2D eigenvalue weighted by atomic mass is 19.1. The van der Waals surface area contributed by atoms with Crippen LogP contribution in [0.1, 0.15) is 11.1 Å². The number of halogens is 3. The highest BCUT2D eigenvalue weighted by molar-refractivity contribution is 5.60. The van der Waals surface area contributed by atoms with Crippen LogP contribution in [0.5, 0.6) is 11.5 Å². The molecule has 1 aromatic heterocycles. The molecule has 1 saturated heterocycles. The maximum Gasteiger partial charge on any atom is 0.227 e. The van der Waals surface area contributed by atoms with Gasteiger partial charge in [0, 0.05) is 31.9 Å². The SMILES string of the molecule is COc1cc(C)c(F)c(COc2cnc(Nc3ccc(N4CCN(C)CC4)c(F)c3)nc2)c1F. The zero-order chi connectivity index (χ0) is 24.2. The van der Waals surface area contributed by atoms with Crippen LogP contribution < -0.4 is 19.7 Å². The molecule has 10 heteroatoms. The molecule has 1 aliphatic heterocycles. The summed E-state index contributed by atoms with van der Waals surface area (Å²) >= 11 is 0. The predicted octanol–water partition coefficient (Wildman–Crippen LogP) is 4.29. The van der Waals surface area contributed by atoms with Crippen LogP contribution in [0.2, 0.25) is 0 Å². The van der Waals surface area contributed by atoms with Crippen molar-refractivity contribution in [3.63, 3.8) is 0 Å². The van der Waals surface area contributed by atoms with Crippen molar-refractivity contribution in [2.75, 3.05) is 50.6 Å². The quantitative estimate of drug-likeness (QED) is 0.550. The van der Waals surface area contributed by atoms with Gasteiger partial charge in [-0.3, -0.25) is 0 Å². The van der Waals surface area contributed by atoms with Gasteiger partial charge >= 0.3 is 0 Å². The van der Waals surface area contributed by atoms with Gasteiger partial charge in [-0.25, -0.2) is 23.1 Å². The molecule has 1 N–H and O–H groups in total. The first-order valence-electron chi connectivity index (χ1n) is 10.8. The number of likely N-dealkylation sites (N-methyl/N-ethyl adjacent to an activating group) is 1. The Morgan fingerprint density at radius 1 is 1.00 bits per heavy atom. The molecule has 0 atom stereocenters. The number of piperazine rings is 1. The zero-order valence-electron chi connectivity index (χ0n) is 19.2. The largest absolute Gasteiger partial charge is 0.494 e. The van der Waals surface area contributed by atoms with E-state index in [0.717, 1.165) is 26.2 Å². The van der Waals surface area contributed by atoms with Crippen molar-refractivity contribution in [2.45, 2.75) is 13.5 Å². The minimum Gasteiger partial charge on any atom is -0.494 e. The molecule has 7 nitrogen and oxygen atoms in total. The number of nitrogens with zero attached hydrogens (tertiary/aromatic N) is 4. The van der Waals surface area contributed by atoms with Crippen LogP contribution in [-0.4, -0.2) is 55.2 Å². The second-order valence-electron chi connectivity index (χ2n) is 8.11. The third-order valence-corrected chi connectivity index (χ3v) is 5.72. The molecule has 0 radical (unpaired) electrons. The number of benzene rings is 2. The van der Waals surface area contributed by atoms with E-state index in [1.807, 2.05) is 11.9 Å². The summed E-state index contributed by atoms with van der Waals surface area (Å²) < 4.78 is 53.8. The Morgan fingerprint density at radius 2 is 1.71 bits per heavy atom. The van der Waals surface area contributed by atoms with Crippen LogP contribution in [0.3, 0.4) is 0 Å². The molecule has 0 aliphatic carbocycles. The fourth-order valence-electron chi connectivity index (χ4n) is 3.71. The molecule has 3 aromatic rings. The van der Waals surface area contributed by atoms with Crippen molar-refractivity contribution < 1.29 is 22.6 Å². The highest BCUT2D eigenvalue weighted by Gasteiger charge is 2.19. The average molecular weight is 473 g/mol. The van der Waals surface area contributed by atoms with Crippen molar-refractivity contribution in [3.8, 4) is 11.5 Å². The first kappa shape index (κ1) is 23.6. The van der Waals surface area contributed by atoms with E-state index in [1.165, 1.54) is 38.6 Å². The molecule has 180 valence electrons. The summed E-state index contributed by atoms with van der Waals surface area (Å²) in [5, 5.41) is 2.94. The molecule has 0 amide bonds. The van der Waals surface area contributed by atoms with Crippen LogP contribution >= 0.6 is 0 Å². The predicted molar refractivity (Wildman–Crippen MR) is 123 cm³/mol. The maximum atomic E-state index is 14.7. The van der Waals surface area contributed by atoms with Gasteiger partial charge in [-0.2, -0.15) is 0 Å². The van der Waals surface area contributed by atoms with E-state index in [9.17, 15) is 13.2 Å². The van der Waals surface area contributed by atoms with Crippen LogP contribution in [0, 0.1) is 24.4 Å². The number of hydrogen-bond donors (Lipinski definition) is 1. The second kappa shape index (κ2) is 10.2. The Balaban J connectivity index is 1.39. The van der Waals surface area contributed by atoms with Gasteiger partial charge in [0.2, 0.25) is 5.95 Å². The Hall–Kier alpha value is -3.53. The van der Waals surface area contributed by atoms with Gasteiger partial charge in [0.1, 0.15) is 18.2 Å². The molecule has 0 unspecified atom stereocenters. The second-order valence-corrected chi connectivity index (χ2v) is 8.11. The molecular weight excluding hydrogens is 447 g/mol. The molecule has 0 saturated carbocycles. The zero-order valence-corrected chi connectivity index (χ0v) is 19.2. The van der Waals surface area contributed by atoms with Gasteiger partial charge < -0.3 is 24.6 Å².